The summed E-state index contributed by atoms with van der Waals surface area (Å²) in [5.74, 6) is 0.940. The van der Waals surface area contributed by atoms with Gasteiger partial charge in [-0.05, 0) is 47.7 Å². The zero-order valence-electron chi connectivity index (χ0n) is 14.0. The summed E-state index contributed by atoms with van der Waals surface area (Å²) in [6, 6.07) is 13.5. The molecule has 0 atom stereocenters. The third-order valence-electron chi connectivity index (χ3n) is 3.97. The molecule has 5 heteroatoms. The Labute approximate surface area is 141 Å². The van der Waals surface area contributed by atoms with E-state index in [0.717, 1.165) is 28.6 Å². The Morgan fingerprint density at radius 1 is 1.21 bits per heavy atom. The molecule has 2 aromatic carbocycles. The third kappa shape index (κ3) is 3.56. The van der Waals surface area contributed by atoms with Crippen molar-refractivity contribution in [3.63, 3.8) is 0 Å². The molecule has 124 valence electrons. The van der Waals surface area contributed by atoms with Crippen molar-refractivity contribution in [1.82, 2.24) is 15.3 Å². The van der Waals surface area contributed by atoms with E-state index >= 15 is 0 Å². The van der Waals surface area contributed by atoms with Gasteiger partial charge < -0.3 is 16.0 Å². The second-order valence-electron chi connectivity index (χ2n) is 6.37. The molecule has 3 rings (SSSR count). The van der Waals surface area contributed by atoms with E-state index in [1.54, 1.807) is 0 Å². The van der Waals surface area contributed by atoms with E-state index in [1.807, 2.05) is 42.5 Å². The molecular formula is C19H22N4O. The van der Waals surface area contributed by atoms with Crippen molar-refractivity contribution in [3.8, 4) is 11.1 Å². The lowest BCUT2D eigenvalue weighted by atomic mass is 10.0. The van der Waals surface area contributed by atoms with Gasteiger partial charge in [0, 0.05) is 12.1 Å². The number of H-pyrrole nitrogens is 1. The van der Waals surface area contributed by atoms with Crippen molar-refractivity contribution in [2.45, 2.75) is 20.3 Å². The van der Waals surface area contributed by atoms with E-state index in [-0.39, 0.29) is 5.91 Å². The van der Waals surface area contributed by atoms with Gasteiger partial charge in [-0.1, -0.05) is 32.0 Å². The number of nitrogens with two attached hydrogens (primary N) is 1. The molecule has 0 unspecified atom stereocenters. The Morgan fingerprint density at radius 2 is 2.00 bits per heavy atom. The van der Waals surface area contributed by atoms with Crippen LogP contribution >= 0.6 is 0 Å². The monoisotopic (exact) mass is 322 g/mol. The predicted molar refractivity (Wildman–Crippen MR) is 97.7 cm³/mol. The Hall–Kier alpha value is -2.82. The average Bonchev–Trinajstić information content (AvgIpc) is 2.93. The smallest absolute Gasteiger partial charge is 0.251 e. The quantitative estimate of drug-likeness (QED) is 0.671. The number of hydrogen-bond acceptors (Lipinski definition) is 3. The number of carbonyl (C=O) groups is 1. The zero-order valence-corrected chi connectivity index (χ0v) is 14.0. The van der Waals surface area contributed by atoms with Crippen LogP contribution in [0.4, 0.5) is 5.95 Å². The Balaban J connectivity index is 1.82. The highest BCUT2D eigenvalue weighted by atomic mass is 16.1. The standard InChI is InChI=1S/C19H22N4O/c1-12(2)8-9-21-18(24)15-5-3-4-13(10-15)14-6-7-16-17(11-14)23-19(20)22-16/h3-7,10-12H,8-9H2,1-2H3,(H,21,24)(H3,20,22,23). The number of nitrogens with zero attached hydrogens (tertiary/aromatic N) is 1. The van der Waals surface area contributed by atoms with Crippen LogP contribution in [0.3, 0.4) is 0 Å². The molecule has 0 bridgehead atoms. The second-order valence-corrected chi connectivity index (χ2v) is 6.37. The normalized spacial score (nSPS) is 11.1. The van der Waals surface area contributed by atoms with Crippen molar-refractivity contribution in [1.29, 1.82) is 0 Å². The molecule has 1 heterocycles. The topological polar surface area (TPSA) is 83.8 Å². The number of aromatic amines is 1. The molecule has 0 radical (unpaired) electrons. The number of carbonyl (C=O) groups excluding carboxylic acids is 1. The number of nitrogens with one attached hydrogen (secondary N) is 2. The molecule has 5 nitrogen and oxygen atoms in total. The van der Waals surface area contributed by atoms with Gasteiger partial charge in [-0.2, -0.15) is 0 Å². The van der Waals surface area contributed by atoms with Gasteiger partial charge in [-0.15, -0.1) is 0 Å². The molecule has 0 aliphatic rings. The maximum Gasteiger partial charge on any atom is 0.251 e. The van der Waals surface area contributed by atoms with Gasteiger partial charge in [-0.25, -0.2) is 4.98 Å². The maximum absolute atomic E-state index is 12.3. The Bertz CT molecular complexity index is 867. The molecule has 1 amide bonds. The molecule has 24 heavy (non-hydrogen) atoms. The molecule has 0 fully saturated rings. The summed E-state index contributed by atoms with van der Waals surface area (Å²) in [7, 11) is 0. The van der Waals surface area contributed by atoms with Gasteiger partial charge in [0.1, 0.15) is 0 Å². The molecule has 4 N–H and O–H groups in total. The van der Waals surface area contributed by atoms with E-state index in [9.17, 15) is 4.79 Å². The van der Waals surface area contributed by atoms with Gasteiger partial charge in [0.15, 0.2) is 5.95 Å². The van der Waals surface area contributed by atoms with Gasteiger partial charge >= 0.3 is 0 Å². The highest BCUT2D eigenvalue weighted by Crippen LogP contribution is 2.24. The molecule has 0 spiro atoms. The molecule has 0 saturated heterocycles. The molecule has 0 aliphatic carbocycles. The highest BCUT2D eigenvalue weighted by Gasteiger charge is 2.08. The van der Waals surface area contributed by atoms with Crippen molar-refractivity contribution < 1.29 is 4.79 Å². The first-order chi connectivity index (χ1) is 11.5. The summed E-state index contributed by atoms with van der Waals surface area (Å²) >= 11 is 0. The van der Waals surface area contributed by atoms with Crippen molar-refractivity contribution in [2.75, 3.05) is 12.3 Å². The van der Waals surface area contributed by atoms with Crippen LogP contribution in [0.5, 0.6) is 0 Å². The number of amides is 1. The summed E-state index contributed by atoms with van der Waals surface area (Å²) in [6.07, 6.45) is 0.976. The minimum absolute atomic E-state index is 0.0376. The van der Waals surface area contributed by atoms with E-state index in [0.29, 0.717) is 24.0 Å². The van der Waals surface area contributed by atoms with Crippen molar-refractivity contribution >= 4 is 22.9 Å². The number of nitrogen functional groups attached to an aromatic ring is 1. The molecular weight excluding hydrogens is 300 g/mol. The minimum Gasteiger partial charge on any atom is -0.369 e. The number of benzene rings is 2. The average molecular weight is 322 g/mol. The van der Waals surface area contributed by atoms with Gasteiger partial charge in [0.25, 0.3) is 5.91 Å². The summed E-state index contributed by atoms with van der Waals surface area (Å²) in [6.45, 7) is 4.98. The minimum atomic E-state index is -0.0376. The summed E-state index contributed by atoms with van der Waals surface area (Å²) in [5, 5.41) is 2.97. The lowest BCUT2D eigenvalue weighted by Gasteiger charge is -2.09. The lowest BCUT2D eigenvalue weighted by Crippen LogP contribution is -2.25. The molecule has 3 aromatic rings. The predicted octanol–water partition coefficient (Wildman–Crippen LogP) is 3.59. The summed E-state index contributed by atoms with van der Waals surface area (Å²) in [5.41, 5.74) is 10.1. The Kier molecular flexibility index (Phi) is 4.51. The number of imidazole rings is 1. The van der Waals surface area contributed by atoms with Gasteiger partial charge in [0.2, 0.25) is 0 Å². The van der Waals surface area contributed by atoms with Crippen LogP contribution in [-0.4, -0.2) is 22.4 Å². The van der Waals surface area contributed by atoms with Gasteiger partial charge in [0.05, 0.1) is 11.0 Å². The summed E-state index contributed by atoms with van der Waals surface area (Å²) in [4.78, 5) is 19.5. The van der Waals surface area contributed by atoms with E-state index < -0.39 is 0 Å². The van der Waals surface area contributed by atoms with Crippen LogP contribution in [0.2, 0.25) is 0 Å². The fourth-order valence-corrected chi connectivity index (χ4v) is 2.63. The first kappa shape index (κ1) is 16.1. The SMILES string of the molecule is CC(C)CCNC(=O)c1cccc(-c2ccc3nc(N)[nH]c3c2)c1. The second kappa shape index (κ2) is 6.74. The fourth-order valence-electron chi connectivity index (χ4n) is 2.63. The number of anilines is 1. The van der Waals surface area contributed by atoms with Crippen LogP contribution in [0.25, 0.3) is 22.2 Å². The molecule has 1 aromatic heterocycles. The lowest BCUT2D eigenvalue weighted by molar-refractivity contribution is 0.0952. The number of fused-ring (bicyclic) bond motifs is 1. The summed E-state index contributed by atoms with van der Waals surface area (Å²) < 4.78 is 0. The molecule has 0 aliphatic heterocycles. The zero-order chi connectivity index (χ0) is 17.1. The van der Waals surface area contributed by atoms with Crippen molar-refractivity contribution in [2.24, 2.45) is 5.92 Å². The van der Waals surface area contributed by atoms with Crippen LogP contribution in [0.1, 0.15) is 30.6 Å². The highest BCUT2D eigenvalue weighted by molar-refractivity contribution is 5.95. The molecule has 0 saturated carbocycles. The Morgan fingerprint density at radius 3 is 2.79 bits per heavy atom. The first-order valence-corrected chi connectivity index (χ1v) is 8.17. The number of aromatic nitrogens is 2. The van der Waals surface area contributed by atoms with Gasteiger partial charge in [-0.3, -0.25) is 4.79 Å². The first-order valence-electron chi connectivity index (χ1n) is 8.17. The largest absolute Gasteiger partial charge is 0.369 e. The van der Waals surface area contributed by atoms with E-state index in [1.165, 1.54) is 0 Å². The van der Waals surface area contributed by atoms with Crippen molar-refractivity contribution in [3.05, 3.63) is 48.0 Å². The number of hydrogen-bond donors (Lipinski definition) is 3. The van der Waals surface area contributed by atoms with Crippen LogP contribution in [0.15, 0.2) is 42.5 Å². The van der Waals surface area contributed by atoms with E-state index in [2.05, 4.69) is 29.1 Å². The van der Waals surface area contributed by atoms with Crippen LogP contribution in [0, 0.1) is 5.92 Å². The fraction of sp³-hybridized carbons (Fsp3) is 0.263. The van der Waals surface area contributed by atoms with E-state index in [4.69, 9.17) is 5.73 Å². The van der Waals surface area contributed by atoms with Crippen LogP contribution in [-0.2, 0) is 0 Å². The number of rotatable bonds is 5. The van der Waals surface area contributed by atoms with Crippen LogP contribution < -0.4 is 11.1 Å². The maximum atomic E-state index is 12.3. The third-order valence-corrected chi connectivity index (χ3v) is 3.97.